The summed E-state index contributed by atoms with van der Waals surface area (Å²) in [6.07, 6.45) is -4.19. The fourth-order valence-corrected chi connectivity index (χ4v) is 1.49. The Hall–Kier alpha value is -0.370. The predicted octanol–water partition coefficient (Wildman–Crippen LogP) is -0.711. The van der Waals surface area contributed by atoms with Crippen molar-refractivity contribution in [2.75, 3.05) is 45.8 Å². The van der Waals surface area contributed by atoms with E-state index in [0.29, 0.717) is 26.2 Å². The van der Waals surface area contributed by atoms with Gasteiger partial charge in [-0.15, -0.1) is 0 Å². The highest BCUT2D eigenvalue weighted by Crippen LogP contribution is 2.19. The standard InChI is InChI=1S/C9H19F3N4/c10-9(11,12)8-7-15-4-3-13-1-2-14-5-6-16-8/h8,13-16H,1-7H2. The molecule has 0 amide bonds. The summed E-state index contributed by atoms with van der Waals surface area (Å²) < 4.78 is 37.6. The third kappa shape index (κ3) is 5.64. The lowest BCUT2D eigenvalue weighted by Crippen LogP contribution is -2.52. The third-order valence-electron chi connectivity index (χ3n) is 2.39. The van der Waals surface area contributed by atoms with Crippen molar-refractivity contribution < 1.29 is 13.2 Å². The van der Waals surface area contributed by atoms with Gasteiger partial charge >= 0.3 is 6.18 Å². The first-order valence-corrected chi connectivity index (χ1v) is 5.53. The maximum atomic E-state index is 12.5. The van der Waals surface area contributed by atoms with Crippen molar-refractivity contribution in [1.82, 2.24) is 21.3 Å². The summed E-state index contributed by atoms with van der Waals surface area (Å²) in [5, 5.41) is 11.5. The van der Waals surface area contributed by atoms with Gasteiger partial charge in [-0.2, -0.15) is 13.2 Å². The Labute approximate surface area is 93.3 Å². The Balaban J connectivity index is 2.36. The quantitative estimate of drug-likeness (QED) is 0.452. The van der Waals surface area contributed by atoms with Crippen LogP contribution in [0.5, 0.6) is 0 Å². The largest absolute Gasteiger partial charge is 0.405 e. The number of nitrogens with one attached hydrogen (secondary N) is 4. The first kappa shape index (κ1) is 13.7. The van der Waals surface area contributed by atoms with Crippen LogP contribution < -0.4 is 21.3 Å². The van der Waals surface area contributed by atoms with Gasteiger partial charge in [0.1, 0.15) is 6.04 Å². The van der Waals surface area contributed by atoms with E-state index in [4.69, 9.17) is 0 Å². The molecule has 7 heteroatoms. The van der Waals surface area contributed by atoms with Gasteiger partial charge in [0.15, 0.2) is 0 Å². The number of hydrogen-bond acceptors (Lipinski definition) is 4. The van der Waals surface area contributed by atoms with Crippen LogP contribution in [0.4, 0.5) is 13.2 Å². The smallest absolute Gasteiger partial charge is 0.314 e. The summed E-state index contributed by atoms with van der Waals surface area (Å²) in [7, 11) is 0. The minimum absolute atomic E-state index is 0.0782. The molecule has 1 aliphatic heterocycles. The van der Waals surface area contributed by atoms with Gasteiger partial charge < -0.3 is 21.3 Å². The van der Waals surface area contributed by atoms with Crippen LogP contribution in [0.25, 0.3) is 0 Å². The first-order valence-electron chi connectivity index (χ1n) is 5.53. The second-order valence-electron chi connectivity index (χ2n) is 3.75. The maximum Gasteiger partial charge on any atom is 0.405 e. The lowest BCUT2D eigenvalue weighted by molar-refractivity contribution is -0.154. The van der Waals surface area contributed by atoms with Crippen molar-refractivity contribution in [2.24, 2.45) is 0 Å². The fraction of sp³-hybridized carbons (Fsp3) is 1.00. The molecule has 0 aromatic heterocycles. The summed E-state index contributed by atoms with van der Waals surface area (Å²) in [5.74, 6) is 0. The van der Waals surface area contributed by atoms with Crippen LogP contribution in [0.2, 0.25) is 0 Å². The minimum Gasteiger partial charge on any atom is -0.314 e. The molecule has 0 aromatic carbocycles. The highest BCUT2D eigenvalue weighted by Gasteiger charge is 2.38. The van der Waals surface area contributed by atoms with Crippen molar-refractivity contribution in [3.63, 3.8) is 0 Å². The topological polar surface area (TPSA) is 48.1 Å². The predicted molar refractivity (Wildman–Crippen MR) is 56.5 cm³/mol. The molecule has 1 heterocycles. The van der Waals surface area contributed by atoms with Gasteiger partial charge in [0.05, 0.1) is 0 Å². The Morgan fingerprint density at radius 3 is 1.81 bits per heavy atom. The molecule has 0 spiro atoms. The summed E-state index contributed by atoms with van der Waals surface area (Å²) in [6, 6.07) is -1.46. The van der Waals surface area contributed by atoms with Crippen LogP contribution in [0.1, 0.15) is 0 Å². The first-order chi connectivity index (χ1) is 7.61. The molecule has 4 nitrogen and oxygen atoms in total. The average molecular weight is 240 g/mol. The zero-order chi connectivity index (χ0) is 11.9. The van der Waals surface area contributed by atoms with Crippen molar-refractivity contribution >= 4 is 0 Å². The molecule has 0 bridgehead atoms. The van der Waals surface area contributed by atoms with E-state index < -0.39 is 12.2 Å². The van der Waals surface area contributed by atoms with Crippen LogP contribution in [0.15, 0.2) is 0 Å². The Kier molecular flexibility index (Phi) is 6.04. The maximum absolute atomic E-state index is 12.5. The van der Waals surface area contributed by atoms with Crippen LogP contribution >= 0.6 is 0 Å². The molecule has 1 rings (SSSR count). The molecular weight excluding hydrogens is 221 g/mol. The van der Waals surface area contributed by atoms with Crippen molar-refractivity contribution in [3.05, 3.63) is 0 Å². The molecule has 1 aliphatic rings. The molecule has 1 saturated heterocycles. The molecular formula is C9H19F3N4. The van der Waals surface area contributed by atoms with Gasteiger partial charge in [-0.05, 0) is 0 Å². The van der Waals surface area contributed by atoms with E-state index in [1.165, 1.54) is 0 Å². The van der Waals surface area contributed by atoms with Gasteiger partial charge in [0.2, 0.25) is 0 Å². The fourth-order valence-electron chi connectivity index (χ4n) is 1.49. The van der Waals surface area contributed by atoms with E-state index in [-0.39, 0.29) is 6.54 Å². The van der Waals surface area contributed by atoms with Crippen molar-refractivity contribution in [2.45, 2.75) is 12.2 Å². The van der Waals surface area contributed by atoms with Crippen LogP contribution in [0.3, 0.4) is 0 Å². The van der Waals surface area contributed by atoms with Gasteiger partial charge in [-0.3, -0.25) is 0 Å². The molecule has 1 fully saturated rings. The molecule has 0 radical (unpaired) electrons. The highest BCUT2D eigenvalue weighted by molar-refractivity contribution is 4.78. The zero-order valence-electron chi connectivity index (χ0n) is 9.16. The summed E-state index contributed by atoms with van der Waals surface area (Å²) in [6.45, 7) is 3.65. The van der Waals surface area contributed by atoms with E-state index >= 15 is 0 Å². The summed E-state index contributed by atoms with van der Waals surface area (Å²) in [5.41, 5.74) is 0. The second kappa shape index (κ2) is 7.05. The molecule has 4 N–H and O–H groups in total. The SMILES string of the molecule is FC(F)(F)C1CNCCNCCNCCN1. The van der Waals surface area contributed by atoms with E-state index in [1.54, 1.807) is 0 Å². The molecule has 0 aliphatic carbocycles. The lowest BCUT2D eigenvalue weighted by atomic mass is 10.2. The molecule has 96 valence electrons. The van der Waals surface area contributed by atoms with Gasteiger partial charge in [-0.1, -0.05) is 0 Å². The van der Waals surface area contributed by atoms with Crippen LogP contribution in [-0.4, -0.2) is 58.0 Å². The number of hydrogen-bond donors (Lipinski definition) is 4. The molecule has 0 aromatic rings. The van der Waals surface area contributed by atoms with Gasteiger partial charge in [-0.25, -0.2) is 0 Å². The van der Waals surface area contributed by atoms with Crippen LogP contribution in [-0.2, 0) is 0 Å². The monoisotopic (exact) mass is 240 g/mol. The highest BCUT2D eigenvalue weighted by atomic mass is 19.4. The number of rotatable bonds is 0. The Morgan fingerprint density at radius 1 is 0.750 bits per heavy atom. The van der Waals surface area contributed by atoms with Crippen molar-refractivity contribution in [3.8, 4) is 0 Å². The van der Waals surface area contributed by atoms with Crippen LogP contribution in [0, 0.1) is 0 Å². The molecule has 16 heavy (non-hydrogen) atoms. The van der Waals surface area contributed by atoms with Gasteiger partial charge in [0.25, 0.3) is 0 Å². The summed E-state index contributed by atoms with van der Waals surface area (Å²) >= 11 is 0. The number of alkyl halides is 3. The van der Waals surface area contributed by atoms with E-state index in [0.717, 1.165) is 13.1 Å². The Morgan fingerprint density at radius 2 is 1.25 bits per heavy atom. The normalized spacial score (nSPS) is 26.8. The van der Waals surface area contributed by atoms with E-state index in [1.807, 2.05) is 0 Å². The molecule has 1 unspecified atom stereocenters. The zero-order valence-corrected chi connectivity index (χ0v) is 9.16. The average Bonchev–Trinajstić information content (AvgIpc) is 2.16. The van der Waals surface area contributed by atoms with E-state index in [2.05, 4.69) is 21.3 Å². The lowest BCUT2D eigenvalue weighted by Gasteiger charge is -2.23. The molecule has 0 saturated carbocycles. The third-order valence-corrected chi connectivity index (χ3v) is 2.39. The minimum atomic E-state index is -4.19. The van der Waals surface area contributed by atoms with Gasteiger partial charge in [0, 0.05) is 45.8 Å². The van der Waals surface area contributed by atoms with E-state index in [9.17, 15) is 13.2 Å². The second-order valence-corrected chi connectivity index (χ2v) is 3.75. The summed E-state index contributed by atoms with van der Waals surface area (Å²) in [4.78, 5) is 0. The molecule has 1 atom stereocenters. The Bertz CT molecular complexity index is 174. The number of halogens is 3. The van der Waals surface area contributed by atoms with Crippen molar-refractivity contribution in [1.29, 1.82) is 0 Å².